The van der Waals surface area contributed by atoms with Crippen molar-refractivity contribution in [1.82, 2.24) is 9.55 Å². The Balaban J connectivity index is 0.00000264. The van der Waals surface area contributed by atoms with Crippen molar-refractivity contribution < 1.29 is 4.74 Å². The van der Waals surface area contributed by atoms with E-state index in [0.29, 0.717) is 12.5 Å². The fraction of sp³-hybridized carbons (Fsp3) is 0.526. The summed E-state index contributed by atoms with van der Waals surface area (Å²) in [5.41, 5.74) is 3.68. The lowest BCUT2D eigenvalue weighted by molar-refractivity contribution is 0.281. The van der Waals surface area contributed by atoms with Crippen molar-refractivity contribution in [2.24, 2.45) is 5.92 Å². The summed E-state index contributed by atoms with van der Waals surface area (Å²) in [5, 5.41) is 1.23. The zero-order valence-corrected chi connectivity index (χ0v) is 15.4. The molecule has 2 heterocycles. The number of unbranched alkanes of at least 4 members (excludes halogenated alkanes) is 1. The summed E-state index contributed by atoms with van der Waals surface area (Å²) in [6.07, 6.45) is 10.0. The van der Waals surface area contributed by atoms with Crippen LogP contribution in [0.2, 0.25) is 0 Å². The smallest absolute Gasteiger partial charge is 0.238 e. The van der Waals surface area contributed by atoms with Crippen LogP contribution >= 0.6 is 12.4 Å². The third-order valence-electron chi connectivity index (χ3n) is 4.15. The van der Waals surface area contributed by atoms with Crippen molar-refractivity contribution in [2.45, 2.75) is 53.5 Å². The highest BCUT2D eigenvalue weighted by molar-refractivity contribution is 5.88. The Morgan fingerprint density at radius 2 is 2.09 bits per heavy atom. The Bertz CT molecular complexity index is 683. The van der Waals surface area contributed by atoms with Crippen LogP contribution in [0.5, 0.6) is 5.88 Å². The number of pyridine rings is 1. The monoisotopic (exact) mass is 334 g/mol. The molecule has 0 aromatic carbocycles. The highest BCUT2D eigenvalue weighted by Gasteiger charge is 2.16. The first-order valence-electron chi connectivity index (χ1n) is 8.07. The summed E-state index contributed by atoms with van der Waals surface area (Å²) in [6, 6.07) is 2.07. The van der Waals surface area contributed by atoms with Gasteiger partial charge in [0.1, 0.15) is 5.52 Å². The largest absolute Gasteiger partial charge is 0.476 e. The molecule has 0 aliphatic carbocycles. The summed E-state index contributed by atoms with van der Waals surface area (Å²) in [5.74, 6) is 4.09. The first kappa shape index (κ1) is 19.4. The van der Waals surface area contributed by atoms with Crippen LogP contribution < -0.4 is 4.74 Å². The van der Waals surface area contributed by atoms with Crippen molar-refractivity contribution in [2.75, 3.05) is 6.61 Å². The summed E-state index contributed by atoms with van der Waals surface area (Å²) in [4.78, 5) is 4.46. The van der Waals surface area contributed by atoms with Gasteiger partial charge in [0, 0.05) is 30.2 Å². The van der Waals surface area contributed by atoms with E-state index in [2.05, 4.69) is 49.2 Å². The topological polar surface area (TPSA) is 27.1 Å². The van der Waals surface area contributed by atoms with E-state index in [-0.39, 0.29) is 12.4 Å². The molecule has 0 aliphatic heterocycles. The van der Waals surface area contributed by atoms with Gasteiger partial charge in [0.2, 0.25) is 5.88 Å². The van der Waals surface area contributed by atoms with Crippen LogP contribution in [0.25, 0.3) is 10.9 Å². The molecule has 0 saturated heterocycles. The lowest BCUT2D eigenvalue weighted by Crippen LogP contribution is -2.06. The molecule has 2 aromatic rings. The molecule has 0 aliphatic rings. The number of ether oxygens (including phenoxy) is 1. The molecule has 0 spiro atoms. The molecule has 0 amide bonds. The Morgan fingerprint density at radius 1 is 1.35 bits per heavy atom. The van der Waals surface area contributed by atoms with Crippen LogP contribution in [-0.2, 0) is 6.54 Å². The van der Waals surface area contributed by atoms with Crippen LogP contribution in [-0.4, -0.2) is 16.2 Å². The van der Waals surface area contributed by atoms with Gasteiger partial charge in [-0.3, -0.25) is 0 Å². The molecular formula is C19H27ClN2O. The molecule has 3 nitrogen and oxygen atoms in total. The number of aromatic nitrogens is 2. The van der Waals surface area contributed by atoms with Crippen molar-refractivity contribution >= 4 is 23.3 Å². The zero-order valence-electron chi connectivity index (χ0n) is 14.6. The van der Waals surface area contributed by atoms with Gasteiger partial charge in [-0.2, -0.15) is 0 Å². The Kier molecular flexibility index (Phi) is 7.45. The van der Waals surface area contributed by atoms with Crippen LogP contribution in [0.4, 0.5) is 0 Å². The molecule has 0 unspecified atom stereocenters. The highest BCUT2D eigenvalue weighted by Crippen LogP contribution is 2.31. The first-order valence-corrected chi connectivity index (χ1v) is 8.07. The number of hydrogen-bond donors (Lipinski definition) is 0. The number of halogens is 1. The van der Waals surface area contributed by atoms with Gasteiger partial charge in [0.15, 0.2) is 0 Å². The summed E-state index contributed by atoms with van der Waals surface area (Å²) in [6.45, 7) is 10.3. The maximum absolute atomic E-state index is 5.97. The van der Waals surface area contributed by atoms with E-state index in [0.717, 1.165) is 37.2 Å². The van der Waals surface area contributed by atoms with Crippen LogP contribution in [0.15, 0.2) is 12.3 Å². The second-order valence-corrected chi connectivity index (χ2v) is 6.21. The average Bonchev–Trinajstić information content (AvgIpc) is 2.73. The van der Waals surface area contributed by atoms with Gasteiger partial charge in [0.05, 0.1) is 6.61 Å². The number of hydrogen-bond acceptors (Lipinski definition) is 2. The van der Waals surface area contributed by atoms with E-state index in [4.69, 9.17) is 11.2 Å². The minimum Gasteiger partial charge on any atom is -0.476 e. The minimum atomic E-state index is 0. The third-order valence-corrected chi connectivity index (χ3v) is 4.15. The number of rotatable bonds is 7. The van der Waals surface area contributed by atoms with Crippen molar-refractivity contribution in [3.8, 4) is 18.2 Å². The van der Waals surface area contributed by atoms with E-state index in [9.17, 15) is 0 Å². The van der Waals surface area contributed by atoms with Crippen molar-refractivity contribution in [3.63, 3.8) is 0 Å². The maximum atomic E-state index is 5.97. The van der Waals surface area contributed by atoms with E-state index in [1.54, 1.807) is 0 Å². The van der Waals surface area contributed by atoms with Crippen molar-refractivity contribution in [1.29, 1.82) is 0 Å². The lowest BCUT2D eigenvalue weighted by Gasteiger charge is -2.12. The Labute approximate surface area is 145 Å². The standard InChI is InChI=1S/C19H26N2O.ClH/c1-6-7-8-12-21-16(5)15(4)17-9-11-20-19(18(17)21)22-13-10-14(2)3;/h1,9,11,14H,7-8,10,12-13H2,2-5H3;1H. The van der Waals surface area contributed by atoms with Crippen LogP contribution in [0, 0.1) is 32.1 Å². The molecular weight excluding hydrogens is 308 g/mol. The SMILES string of the molecule is C#CCCCn1c(C)c(C)c2ccnc(OCCC(C)C)c21.Cl. The lowest BCUT2D eigenvalue weighted by atomic mass is 10.1. The average molecular weight is 335 g/mol. The molecule has 0 N–H and O–H groups in total. The second-order valence-electron chi connectivity index (χ2n) is 6.21. The third kappa shape index (κ3) is 4.42. The highest BCUT2D eigenvalue weighted by atomic mass is 35.5. The molecule has 126 valence electrons. The molecule has 2 aromatic heterocycles. The fourth-order valence-electron chi connectivity index (χ4n) is 2.68. The fourth-order valence-corrected chi connectivity index (χ4v) is 2.68. The molecule has 0 atom stereocenters. The molecule has 2 rings (SSSR count). The van der Waals surface area contributed by atoms with E-state index in [1.165, 1.54) is 16.6 Å². The van der Waals surface area contributed by atoms with Crippen molar-refractivity contribution in [3.05, 3.63) is 23.5 Å². The summed E-state index contributed by atoms with van der Waals surface area (Å²) >= 11 is 0. The van der Waals surface area contributed by atoms with Gasteiger partial charge in [-0.15, -0.1) is 24.8 Å². The summed E-state index contributed by atoms with van der Waals surface area (Å²) in [7, 11) is 0. The molecule has 0 radical (unpaired) electrons. The quantitative estimate of drug-likeness (QED) is 0.531. The normalized spacial score (nSPS) is 10.6. The Hall–Kier alpha value is -1.66. The minimum absolute atomic E-state index is 0. The van der Waals surface area contributed by atoms with Gasteiger partial charge >= 0.3 is 0 Å². The molecule has 0 bridgehead atoms. The van der Waals surface area contributed by atoms with Gasteiger partial charge in [-0.05, 0) is 44.2 Å². The molecule has 0 saturated carbocycles. The van der Waals surface area contributed by atoms with Gasteiger partial charge < -0.3 is 9.30 Å². The number of nitrogens with zero attached hydrogens (tertiary/aromatic N) is 2. The Morgan fingerprint density at radius 3 is 2.74 bits per heavy atom. The van der Waals surface area contributed by atoms with E-state index in [1.807, 2.05) is 6.20 Å². The molecule has 4 heteroatoms. The first-order chi connectivity index (χ1) is 10.6. The number of terminal acetylenes is 1. The second kappa shape index (κ2) is 8.84. The summed E-state index contributed by atoms with van der Waals surface area (Å²) < 4.78 is 8.28. The maximum Gasteiger partial charge on any atom is 0.238 e. The van der Waals surface area contributed by atoms with Gasteiger partial charge in [-0.1, -0.05) is 13.8 Å². The molecule has 0 fully saturated rings. The van der Waals surface area contributed by atoms with E-state index >= 15 is 0 Å². The zero-order chi connectivity index (χ0) is 16.1. The number of fused-ring (bicyclic) bond motifs is 1. The number of aryl methyl sites for hydroxylation is 2. The predicted octanol–water partition coefficient (Wildman–Crippen LogP) is 4.91. The van der Waals surface area contributed by atoms with Crippen LogP contribution in [0.1, 0.15) is 44.4 Å². The van der Waals surface area contributed by atoms with Gasteiger partial charge in [-0.25, -0.2) is 4.98 Å². The van der Waals surface area contributed by atoms with Gasteiger partial charge in [0.25, 0.3) is 0 Å². The molecule has 23 heavy (non-hydrogen) atoms. The van der Waals surface area contributed by atoms with E-state index < -0.39 is 0 Å². The van der Waals surface area contributed by atoms with Crippen LogP contribution in [0.3, 0.4) is 0 Å². The predicted molar refractivity (Wildman–Crippen MR) is 99.5 cm³/mol.